The van der Waals surface area contributed by atoms with Crippen molar-refractivity contribution in [3.8, 4) is 0 Å². The molecule has 1 fully saturated rings. The van der Waals surface area contributed by atoms with Crippen LogP contribution in [0.3, 0.4) is 0 Å². The summed E-state index contributed by atoms with van der Waals surface area (Å²) in [6.45, 7) is 6.05. The second kappa shape index (κ2) is 2.98. The van der Waals surface area contributed by atoms with Gasteiger partial charge in [0.25, 0.3) is 5.91 Å². The Labute approximate surface area is 88.4 Å². The molecule has 1 aromatic rings. The molecule has 1 atom stereocenters. The van der Waals surface area contributed by atoms with Gasteiger partial charge < -0.3 is 11.1 Å². The fourth-order valence-electron chi connectivity index (χ4n) is 1.68. The number of aromatic nitrogens is 2. The number of aromatic amines is 1. The molecule has 82 valence electrons. The molecule has 15 heavy (non-hydrogen) atoms. The van der Waals surface area contributed by atoms with E-state index in [1.54, 1.807) is 6.92 Å². The molecule has 1 unspecified atom stereocenters. The molecule has 1 aliphatic rings. The van der Waals surface area contributed by atoms with Crippen molar-refractivity contribution in [2.24, 2.45) is 5.41 Å². The van der Waals surface area contributed by atoms with Crippen LogP contribution in [0.15, 0.2) is 0 Å². The van der Waals surface area contributed by atoms with Gasteiger partial charge >= 0.3 is 0 Å². The van der Waals surface area contributed by atoms with Gasteiger partial charge in [-0.15, -0.1) is 0 Å². The van der Waals surface area contributed by atoms with Crippen molar-refractivity contribution < 1.29 is 4.79 Å². The normalized spacial score (nSPS) is 22.5. The van der Waals surface area contributed by atoms with E-state index in [1.807, 2.05) is 0 Å². The third-order valence-electron chi connectivity index (χ3n) is 3.02. The summed E-state index contributed by atoms with van der Waals surface area (Å²) in [7, 11) is 0. The highest BCUT2D eigenvalue weighted by Gasteiger charge is 2.46. The molecule has 1 aromatic heterocycles. The first-order valence-electron chi connectivity index (χ1n) is 5.03. The Morgan fingerprint density at radius 2 is 2.27 bits per heavy atom. The van der Waals surface area contributed by atoms with Gasteiger partial charge in [0.2, 0.25) is 0 Å². The molecule has 0 radical (unpaired) electrons. The summed E-state index contributed by atoms with van der Waals surface area (Å²) in [5, 5.41) is 9.44. The molecule has 0 saturated heterocycles. The zero-order valence-corrected chi connectivity index (χ0v) is 9.22. The summed E-state index contributed by atoms with van der Waals surface area (Å²) in [5.74, 6) is 0.137. The van der Waals surface area contributed by atoms with E-state index in [9.17, 15) is 4.79 Å². The molecule has 0 aromatic carbocycles. The van der Waals surface area contributed by atoms with Gasteiger partial charge in [-0.05, 0) is 18.8 Å². The smallest absolute Gasteiger partial charge is 0.257 e. The molecule has 0 aliphatic heterocycles. The molecule has 0 spiro atoms. The third-order valence-corrected chi connectivity index (χ3v) is 3.02. The van der Waals surface area contributed by atoms with Crippen molar-refractivity contribution >= 4 is 11.7 Å². The van der Waals surface area contributed by atoms with Crippen molar-refractivity contribution in [1.82, 2.24) is 15.5 Å². The van der Waals surface area contributed by atoms with E-state index in [0.717, 1.165) is 6.42 Å². The van der Waals surface area contributed by atoms with Crippen molar-refractivity contribution in [2.75, 3.05) is 5.73 Å². The summed E-state index contributed by atoms with van der Waals surface area (Å²) < 4.78 is 0. The maximum Gasteiger partial charge on any atom is 0.257 e. The van der Waals surface area contributed by atoms with Crippen molar-refractivity contribution in [3.63, 3.8) is 0 Å². The number of nitrogens with two attached hydrogens (primary N) is 1. The zero-order chi connectivity index (χ0) is 11.2. The van der Waals surface area contributed by atoms with Crippen molar-refractivity contribution in [1.29, 1.82) is 0 Å². The van der Waals surface area contributed by atoms with Gasteiger partial charge in [-0.3, -0.25) is 9.89 Å². The number of hydrogen-bond acceptors (Lipinski definition) is 3. The Morgan fingerprint density at radius 3 is 2.67 bits per heavy atom. The fraction of sp³-hybridized carbons (Fsp3) is 0.600. The Kier molecular flexibility index (Phi) is 1.99. The quantitative estimate of drug-likeness (QED) is 0.673. The van der Waals surface area contributed by atoms with Gasteiger partial charge in [0.05, 0.1) is 0 Å². The molecule has 1 amide bonds. The summed E-state index contributed by atoms with van der Waals surface area (Å²) in [4.78, 5) is 11.8. The summed E-state index contributed by atoms with van der Waals surface area (Å²) in [6.07, 6.45) is 1.02. The second-order valence-corrected chi connectivity index (χ2v) is 4.83. The number of nitrogen functional groups attached to an aromatic ring is 1. The van der Waals surface area contributed by atoms with Crippen LogP contribution in [0, 0.1) is 12.3 Å². The first-order valence-corrected chi connectivity index (χ1v) is 5.03. The van der Waals surface area contributed by atoms with Crippen LogP contribution in [0.2, 0.25) is 0 Å². The first kappa shape index (κ1) is 10.0. The van der Waals surface area contributed by atoms with Crippen LogP contribution in [0.25, 0.3) is 0 Å². The molecular weight excluding hydrogens is 192 g/mol. The molecule has 0 bridgehead atoms. The van der Waals surface area contributed by atoms with E-state index in [1.165, 1.54) is 0 Å². The summed E-state index contributed by atoms with van der Waals surface area (Å²) in [6, 6.07) is 0.263. The Morgan fingerprint density at radius 1 is 1.67 bits per heavy atom. The lowest BCUT2D eigenvalue weighted by atomic mass is 10.2. The largest absolute Gasteiger partial charge is 0.382 e. The van der Waals surface area contributed by atoms with Gasteiger partial charge in [-0.2, -0.15) is 5.10 Å². The minimum atomic E-state index is -0.130. The Bertz CT molecular complexity index is 388. The molecule has 1 saturated carbocycles. The van der Waals surface area contributed by atoms with E-state index >= 15 is 0 Å². The van der Waals surface area contributed by atoms with Crippen LogP contribution in [-0.4, -0.2) is 22.1 Å². The lowest BCUT2D eigenvalue weighted by Gasteiger charge is -2.06. The highest BCUT2D eigenvalue weighted by molar-refractivity contribution is 5.99. The molecule has 1 heterocycles. The predicted octanol–water partition coefficient (Wildman–Crippen LogP) is 0.829. The number of aryl methyl sites for hydroxylation is 1. The lowest BCUT2D eigenvalue weighted by molar-refractivity contribution is 0.0946. The Balaban J connectivity index is 2.09. The minimum Gasteiger partial charge on any atom is -0.382 e. The predicted molar refractivity (Wildman–Crippen MR) is 57.4 cm³/mol. The van der Waals surface area contributed by atoms with Gasteiger partial charge in [0.15, 0.2) is 5.82 Å². The van der Waals surface area contributed by atoms with Gasteiger partial charge in [0.1, 0.15) is 5.56 Å². The molecule has 5 nitrogen and oxygen atoms in total. The third kappa shape index (κ3) is 1.69. The van der Waals surface area contributed by atoms with Crippen LogP contribution in [0.4, 0.5) is 5.82 Å². The molecule has 2 rings (SSSR count). The first-order chi connectivity index (χ1) is 6.92. The molecular formula is C10H16N4O. The highest BCUT2D eigenvalue weighted by Crippen LogP contribution is 2.44. The average Bonchev–Trinajstić information content (AvgIpc) is 2.53. The Hall–Kier alpha value is -1.52. The van der Waals surface area contributed by atoms with Crippen LogP contribution in [-0.2, 0) is 0 Å². The minimum absolute atomic E-state index is 0.130. The van der Waals surface area contributed by atoms with E-state index in [-0.39, 0.29) is 23.2 Å². The zero-order valence-electron chi connectivity index (χ0n) is 9.22. The molecule has 1 aliphatic carbocycles. The standard InChI is InChI=1S/C10H16N4O/c1-5-7(8(11)14-13-5)9(15)12-6-4-10(6,2)3/h6H,4H2,1-3H3,(H,12,15)(H3,11,13,14). The van der Waals surface area contributed by atoms with Crippen LogP contribution in [0.1, 0.15) is 36.3 Å². The van der Waals surface area contributed by atoms with Gasteiger partial charge in [0, 0.05) is 11.7 Å². The SMILES string of the molecule is Cc1[nH]nc(N)c1C(=O)NC1CC1(C)C. The summed E-state index contributed by atoms with van der Waals surface area (Å²) in [5.41, 5.74) is 7.01. The monoisotopic (exact) mass is 208 g/mol. The topological polar surface area (TPSA) is 83.8 Å². The van der Waals surface area contributed by atoms with Crippen molar-refractivity contribution in [2.45, 2.75) is 33.2 Å². The second-order valence-electron chi connectivity index (χ2n) is 4.83. The van der Waals surface area contributed by atoms with E-state index < -0.39 is 0 Å². The van der Waals surface area contributed by atoms with Crippen LogP contribution < -0.4 is 11.1 Å². The van der Waals surface area contributed by atoms with E-state index in [4.69, 9.17) is 5.73 Å². The number of rotatable bonds is 2. The van der Waals surface area contributed by atoms with Crippen LogP contribution in [0.5, 0.6) is 0 Å². The summed E-state index contributed by atoms with van der Waals surface area (Å²) >= 11 is 0. The number of anilines is 1. The van der Waals surface area contributed by atoms with E-state index in [0.29, 0.717) is 11.3 Å². The number of carbonyl (C=O) groups excluding carboxylic acids is 1. The number of H-pyrrole nitrogens is 1. The number of carbonyl (C=O) groups is 1. The fourth-order valence-corrected chi connectivity index (χ4v) is 1.68. The van der Waals surface area contributed by atoms with E-state index in [2.05, 4.69) is 29.4 Å². The van der Waals surface area contributed by atoms with Crippen LogP contribution >= 0.6 is 0 Å². The lowest BCUT2D eigenvalue weighted by Crippen LogP contribution is -2.29. The number of nitrogens with one attached hydrogen (secondary N) is 2. The molecule has 4 N–H and O–H groups in total. The molecule has 5 heteroatoms. The average molecular weight is 208 g/mol. The maximum atomic E-state index is 11.8. The van der Waals surface area contributed by atoms with Gasteiger partial charge in [-0.25, -0.2) is 0 Å². The maximum absolute atomic E-state index is 11.8. The van der Waals surface area contributed by atoms with Crippen molar-refractivity contribution in [3.05, 3.63) is 11.3 Å². The number of amides is 1. The van der Waals surface area contributed by atoms with Gasteiger partial charge in [-0.1, -0.05) is 13.8 Å². The number of hydrogen-bond donors (Lipinski definition) is 3. The highest BCUT2D eigenvalue weighted by atomic mass is 16.1. The number of nitrogens with zero attached hydrogens (tertiary/aromatic N) is 1.